The molecule has 4 nitrogen and oxygen atoms in total. The number of aromatic nitrogens is 2. The summed E-state index contributed by atoms with van der Waals surface area (Å²) < 4.78 is 1.73. The van der Waals surface area contributed by atoms with Gasteiger partial charge in [-0.2, -0.15) is 5.10 Å². The highest BCUT2D eigenvalue weighted by atomic mass is 32.1. The normalized spacial score (nSPS) is 12.6. The Hall–Kier alpha value is -1.33. The Morgan fingerprint density at radius 3 is 3.06 bits per heavy atom. The summed E-state index contributed by atoms with van der Waals surface area (Å²) in [6.45, 7) is 4.91. The largest absolute Gasteiger partial charge is 0.394 e. The first kappa shape index (κ1) is 12.1. The Kier molecular flexibility index (Phi) is 3.81. The van der Waals surface area contributed by atoms with E-state index in [1.807, 2.05) is 6.20 Å². The Morgan fingerprint density at radius 2 is 2.41 bits per heavy atom. The third-order valence-electron chi connectivity index (χ3n) is 2.64. The smallest absolute Gasteiger partial charge is 0.0731 e. The quantitative estimate of drug-likeness (QED) is 0.858. The van der Waals surface area contributed by atoms with Gasteiger partial charge in [0, 0.05) is 11.1 Å². The molecule has 5 heteroatoms. The van der Waals surface area contributed by atoms with Crippen LogP contribution in [-0.2, 0) is 6.54 Å². The van der Waals surface area contributed by atoms with Gasteiger partial charge in [0.15, 0.2) is 0 Å². The maximum Gasteiger partial charge on any atom is 0.0731 e. The number of anilines is 1. The second-order valence-corrected chi connectivity index (χ2v) is 5.00. The monoisotopic (exact) mass is 251 g/mol. The molecule has 0 aliphatic carbocycles. The van der Waals surface area contributed by atoms with Crippen molar-refractivity contribution in [3.63, 3.8) is 0 Å². The van der Waals surface area contributed by atoms with Gasteiger partial charge in [-0.3, -0.25) is 4.68 Å². The van der Waals surface area contributed by atoms with Crippen molar-refractivity contribution in [2.75, 3.05) is 11.9 Å². The van der Waals surface area contributed by atoms with Crippen LogP contribution in [0.5, 0.6) is 0 Å². The van der Waals surface area contributed by atoms with Crippen LogP contribution in [-0.4, -0.2) is 21.5 Å². The molecule has 0 amide bonds. The third kappa shape index (κ3) is 2.87. The number of nitrogens with one attached hydrogen (secondary N) is 1. The van der Waals surface area contributed by atoms with Crippen molar-refractivity contribution in [3.05, 3.63) is 34.3 Å². The molecule has 0 radical (unpaired) electrons. The minimum absolute atomic E-state index is 0.112. The van der Waals surface area contributed by atoms with E-state index in [1.165, 1.54) is 10.4 Å². The number of aryl methyl sites for hydroxylation is 1. The van der Waals surface area contributed by atoms with Crippen LogP contribution in [0.1, 0.15) is 23.4 Å². The molecule has 0 aliphatic heterocycles. The molecule has 0 aromatic carbocycles. The van der Waals surface area contributed by atoms with Crippen LogP contribution in [0.4, 0.5) is 5.69 Å². The standard InChI is InChI=1S/C12H17N3OS/c1-9-3-6-17-12(9)10(2)14-11-7-13-15(8-11)4-5-16/h3,6-8,10,14,16H,4-5H2,1-2H3. The Bertz CT molecular complexity index is 478. The molecule has 1 unspecified atom stereocenters. The van der Waals surface area contributed by atoms with Crippen LogP contribution in [0.2, 0.25) is 0 Å². The SMILES string of the molecule is Cc1ccsc1C(C)Nc1cnn(CCO)c1. The first-order valence-electron chi connectivity index (χ1n) is 5.64. The summed E-state index contributed by atoms with van der Waals surface area (Å²) in [5.41, 5.74) is 2.30. The molecule has 1 atom stereocenters. The highest BCUT2D eigenvalue weighted by molar-refractivity contribution is 7.10. The maximum absolute atomic E-state index is 8.82. The van der Waals surface area contributed by atoms with Crippen LogP contribution in [0.3, 0.4) is 0 Å². The first-order valence-corrected chi connectivity index (χ1v) is 6.52. The molecule has 0 saturated heterocycles. The van der Waals surface area contributed by atoms with E-state index >= 15 is 0 Å². The maximum atomic E-state index is 8.82. The average Bonchev–Trinajstić information content (AvgIpc) is 2.88. The summed E-state index contributed by atoms with van der Waals surface area (Å²) in [5, 5.41) is 18.5. The van der Waals surface area contributed by atoms with Gasteiger partial charge < -0.3 is 10.4 Å². The van der Waals surface area contributed by atoms with E-state index in [9.17, 15) is 0 Å². The van der Waals surface area contributed by atoms with Crippen LogP contribution >= 0.6 is 11.3 Å². The van der Waals surface area contributed by atoms with Gasteiger partial charge in [0.2, 0.25) is 0 Å². The lowest BCUT2D eigenvalue weighted by Gasteiger charge is -2.12. The molecule has 2 N–H and O–H groups in total. The zero-order valence-electron chi connectivity index (χ0n) is 10.1. The summed E-state index contributed by atoms with van der Waals surface area (Å²) in [7, 11) is 0. The molecular formula is C12H17N3OS. The molecule has 92 valence electrons. The fourth-order valence-corrected chi connectivity index (χ4v) is 2.74. The van der Waals surface area contributed by atoms with E-state index in [2.05, 4.69) is 35.7 Å². The predicted molar refractivity (Wildman–Crippen MR) is 70.4 cm³/mol. The molecule has 0 saturated carbocycles. The van der Waals surface area contributed by atoms with E-state index in [0.717, 1.165) is 5.69 Å². The zero-order valence-corrected chi connectivity index (χ0v) is 10.9. The van der Waals surface area contributed by atoms with E-state index in [1.54, 1.807) is 22.2 Å². The van der Waals surface area contributed by atoms with E-state index in [0.29, 0.717) is 6.54 Å². The number of rotatable bonds is 5. The molecule has 0 bridgehead atoms. The number of hydrogen-bond donors (Lipinski definition) is 2. The van der Waals surface area contributed by atoms with Crippen molar-refractivity contribution in [1.29, 1.82) is 0 Å². The number of aliphatic hydroxyl groups is 1. The molecule has 2 heterocycles. The van der Waals surface area contributed by atoms with Crippen molar-refractivity contribution in [3.8, 4) is 0 Å². The molecule has 2 aromatic heterocycles. The average molecular weight is 251 g/mol. The van der Waals surface area contributed by atoms with Crippen LogP contribution in [0, 0.1) is 6.92 Å². The van der Waals surface area contributed by atoms with Gasteiger partial charge >= 0.3 is 0 Å². The minimum Gasteiger partial charge on any atom is -0.394 e. The fraction of sp³-hybridized carbons (Fsp3) is 0.417. The second-order valence-electron chi connectivity index (χ2n) is 4.05. The fourth-order valence-electron chi connectivity index (χ4n) is 1.81. The predicted octanol–water partition coefficient (Wildman–Crippen LogP) is 2.42. The molecule has 0 aliphatic rings. The first-order chi connectivity index (χ1) is 8.20. The van der Waals surface area contributed by atoms with Gasteiger partial charge in [0.25, 0.3) is 0 Å². The van der Waals surface area contributed by atoms with Crippen molar-refractivity contribution < 1.29 is 5.11 Å². The number of nitrogens with zero attached hydrogens (tertiary/aromatic N) is 2. The van der Waals surface area contributed by atoms with Crippen LogP contribution in [0.15, 0.2) is 23.8 Å². The van der Waals surface area contributed by atoms with Crippen LogP contribution in [0.25, 0.3) is 0 Å². The third-order valence-corrected chi connectivity index (χ3v) is 3.84. The van der Waals surface area contributed by atoms with E-state index in [4.69, 9.17) is 5.11 Å². The zero-order chi connectivity index (χ0) is 12.3. The molecule has 2 rings (SSSR count). The Balaban J connectivity index is 2.02. The lowest BCUT2D eigenvalue weighted by Crippen LogP contribution is -2.05. The topological polar surface area (TPSA) is 50.1 Å². The van der Waals surface area contributed by atoms with Crippen molar-refractivity contribution in [2.45, 2.75) is 26.4 Å². The van der Waals surface area contributed by atoms with Gasteiger partial charge in [-0.25, -0.2) is 0 Å². The summed E-state index contributed by atoms with van der Waals surface area (Å²) in [6, 6.07) is 2.41. The summed E-state index contributed by atoms with van der Waals surface area (Å²) in [4.78, 5) is 1.35. The summed E-state index contributed by atoms with van der Waals surface area (Å²) in [6.07, 6.45) is 3.70. The number of hydrogen-bond acceptors (Lipinski definition) is 4. The summed E-state index contributed by atoms with van der Waals surface area (Å²) >= 11 is 1.76. The molecule has 0 spiro atoms. The van der Waals surface area contributed by atoms with Crippen molar-refractivity contribution in [2.24, 2.45) is 0 Å². The van der Waals surface area contributed by atoms with Gasteiger partial charge in [0.05, 0.1) is 31.1 Å². The lowest BCUT2D eigenvalue weighted by molar-refractivity contribution is 0.269. The van der Waals surface area contributed by atoms with E-state index < -0.39 is 0 Å². The molecule has 0 fully saturated rings. The molecule has 17 heavy (non-hydrogen) atoms. The Labute approximate surface area is 105 Å². The number of thiophene rings is 1. The molecule has 2 aromatic rings. The summed E-state index contributed by atoms with van der Waals surface area (Å²) in [5.74, 6) is 0. The minimum atomic E-state index is 0.112. The van der Waals surface area contributed by atoms with Gasteiger partial charge in [0.1, 0.15) is 0 Å². The van der Waals surface area contributed by atoms with Crippen molar-refractivity contribution in [1.82, 2.24) is 9.78 Å². The second kappa shape index (κ2) is 5.33. The van der Waals surface area contributed by atoms with Gasteiger partial charge in [-0.1, -0.05) is 0 Å². The van der Waals surface area contributed by atoms with Crippen LogP contribution < -0.4 is 5.32 Å². The van der Waals surface area contributed by atoms with Gasteiger partial charge in [-0.05, 0) is 30.9 Å². The Morgan fingerprint density at radius 1 is 1.59 bits per heavy atom. The number of aliphatic hydroxyl groups excluding tert-OH is 1. The molecular weight excluding hydrogens is 234 g/mol. The van der Waals surface area contributed by atoms with Crippen molar-refractivity contribution >= 4 is 17.0 Å². The highest BCUT2D eigenvalue weighted by Gasteiger charge is 2.10. The van der Waals surface area contributed by atoms with E-state index in [-0.39, 0.29) is 12.6 Å². The van der Waals surface area contributed by atoms with Gasteiger partial charge in [-0.15, -0.1) is 11.3 Å². The lowest BCUT2D eigenvalue weighted by atomic mass is 10.2. The highest BCUT2D eigenvalue weighted by Crippen LogP contribution is 2.26.